The average Bonchev–Trinajstić information content (AvgIpc) is 2.55. The molecule has 0 unspecified atom stereocenters. The summed E-state index contributed by atoms with van der Waals surface area (Å²) in [6.07, 6.45) is 2.32. The van der Waals surface area contributed by atoms with E-state index in [1.165, 1.54) is 12.1 Å². The number of aliphatic hydroxyl groups excluding tert-OH is 1. The van der Waals surface area contributed by atoms with Gasteiger partial charge in [-0.3, -0.25) is 0 Å². The van der Waals surface area contributed by atoms with Crippen LogP contribution in [0, 0.1) is 0 Å². The van der Waals surface area contributed by atoms with Crippen molar-refractivity contribution in [2.24, 2.45) is 5.14 Å². The third-order valence-electron chi connectivity index (χ3n) is 3.24. The number of aliphatic hydroxyl groups is 1. The number of aromatic nitrogens is 2. The van der Waals surface area contributed by atoms with Crippen LogP contribution in [0.4, 0.5) is 17.5 Å². The second-order valence-electron chi connectivity index (χ2n) is 5.02. The quantitative estimate of drug-likeness (QED) is 0.542. The molecule has 1 aromatic heterocycles. The van der Waals surface area contributed by atoms with Gasteiger partial charge in [0.2, 0.25) is 16.0 Å². The fourth-order valence-corrected chi connectivity index (χ4v) is 2.68. The van der Waals surface area contributed by atoms with Gasteiger partial charge in [-0.2, -0.15) is 4.98 Å². The van der Waals surface area contributed by atoms with Crippen LogP contribution in [-0.4, -0.2) is 36.1 Å². The van der Waals surface area contributed by atoms with Crippen LogP contribution in [0.3, 0.4) is 0 Å². The number of benzene rings is 1. The third kappa shape index (κ3) is 4.87. The molecule has 24 heavy (non-hydrogen) atoms. The van der Waals surface area contributed by atoms with Gasteiger partial charge < -0.3 is 15.7 Å². The number of sulfonamides is 1. The van der Waals surface area contributed by atoms with E-state index >= 15 is 0 Å². The van der Waals surface area contributed by atoms with E-state index in [1.54, 1.807) is 18.3 Å². The molecule has 8 nitrogen and oxygen atoms in total. The smallest absolute Gasteiger partial charge is 0.238 e. The first-order chi connectivity index (χ1) is 11.3. The van der Waals surface area contributed by atoms with E-state index in [9.17, 15) is 13.5 Å². The van der Waals surface area contributed by atoms with E-state index in [4.69, 9.17) is 5.14 Å². The number of hydrogen-bond donors (Lipinski definition) is 4. The summed E-state index contributed by atoms with van der Waals surface area (Å²) in [4.78, 5) is 8.52. The van der Waals surface area contributed by atoms with Gasteiger partial charge in [0.1, 0.15) is 5.82 Å². The Bertz CT molecular complexity index is 795. The van der Waals surface area contributed by atoms with Crippen LogP contribution in [0.25, 0.3) is 0 Å². The first kappa shape index (κ1) is 18.6. The molecule has 0 radical (unpaired) electrons. The standard InChI is InChI=1S/C14H18BrN5O3S/c1-2-9(8-21)18-13-12(15)7-17-14(20-13)19-10-3-5-11(6-4-10)24(16,22)23/h3-7,9,21H,2,8H2,1H3,(H2,16,22,23)(H2,17,18,19,20)/t9-/m1/s1. The van der Waals surface area contributed by atoms with E-state index in [1.807, 2.05) is 6.92 Å². The summed E-state index contributed by atoms with van der Waals surface area (Å²) in [7, 11) is -3.72. The maximum Gasteiger partial charge on any atom is 0.238 e. The number of nitrogens with zero attached hydrogens (tertiary/aromatic N) is 2. The molecule has 130 valence electrons. The van der Waals surface area contributed by atoms with Gasteiger partial charge >= 0.3 is 0 Å². The molecule has 0 spiro atoms. The second kappa shape index (κ2) is 7.88. The predicted molar refractivity (Wildman–Crippen MR) is 95.6 cm³/mol. The zero-order chi connectivity index (χ0) is 17.7. The number of hydrogen-bond acceptors (Lipinski definition) is 7. The van der Waals surface area contributed by atoms with E-state index in [0.29, 0.717) is 21.9 Å². The largest absolute Gasteiger partial charge is 0.394 e. The number of nitrogens with one attached hydrogen (secondary N) is 2. The number of nitrogens with two attached hydrogens (primary N) is 1. The Kier molecular flexibility index (Phi) is 6.10. The van der Waals surface area contributed by atoms with Gasteiger partial charge in [-0.15, -0.1) is 0 Å². The molecule has 0 aliphatic rings. The Morgan fingerprint density at radius 2 is 2.00 bits per heavy atom. The number of rotatable bonds is 7. The lowest BCUT2D eigenvalue weighted by Crippen LogP contribution is -2.23. The van der Waals surface area contributed by atoms with Gasteiger partial charge in [-0.25, -0.2) is 18.5 Å². The summed E-state index contributed by atoms with van der Waals surface area (Å²) < 4.78 is 23.2. The van der Waals surface area contributed by atoms with Gasteiger partial charge in [0.25, 0.3) is 0 Å². The fourth-order valence-electron chi connectivity index (χ4n) is 1.86. The lowest BCUT2D eigenvalue weighted by molar-refractivity contribution is 0.271. The van der Waals surface area contributed by atoms with Gasteiger partial charge in [-0.05, 0) is 46.6 Å². The first-order valence-corrected chi connectivity index (χ1v) is 9.47. The molecular formula is C14H18BrN5O3S. The highest BCUT2D eigenvalue weighted by Gasteiger charge is 2.11. The summed E-state index contributed by atoms with van der Waals surface area (Å²) >= 11 is 3.36. The Balaban J connectivity index is 2.18. The normalized spacial score (nSPS) is 12.7. The summed E-state index contributed by atoms with van der Waals surface area (Å²) in [6, 6.07) is 5.82. The highest BCUT2D eigenvalue weighted by Crippen LogP contribution is 2.23. The molecule has 0 saturated heterocycles. The lowest BCUT2D eigenvalue weighted by Gasteiger charge is -2.16. The van der Waals surface area contributed by atoms with E-state index in [-0.39, 0.29) is 17.5 Å². The van der Waals surface area contributed by atoms with Crippen molar-refractivity contribution in [1.29, 1.82) is 0 Å². The molecule has 0 amide bonds. The van der Waals surface area contributed by atoms with Gasteiger partial charge in [0.15, 0.2) is 0 Å². The van der Waals surface area contributed by atoms with Crippen molar-refractivity contribution in [3.8, 4) is 0 Å². The Hall–Kier alpha value is -1.75. The van der Waals surface area contributed by atoms with E-state index in [0.717, 1.165) is 6.42 Å². The molecule has 2 rings (SSSR count). The molecule has 10 heteroatoms. The van der Waals surface area contributed by atoms with Crippen LogP contribution in [0.15, 0.2) is 39.8 Å². The number of halogens is 1. The minimum absolute atomic E-state index is 0.00920. The maximum atomic E-state index is 11.2. The molecule has 0 aliphatic heterocycles. The van der Waals surface area contributed by atoms with Gasteiger partial charge in [0.05, 0.1) is 22.0 Å². The van der Waals surface area contributed by atoms with Crippen molar-refractivity contribution in [2.45, 2.75) is 24.3 Å². The van der Waals surface area contributed by atoms with Crippen LogP contribution >= 0.6 is 15.9 Å². The Labute approximate surface area is 148 Å². The molecule has 1 atom stereocenters. The zero-order valence-electron chi connectivity index (χ0n) is 12.9. The van der Waals surface area contributed by atoms with E-state index in [2.05, 4.69) is 36.5 Å². The van der Waals surface area contributed by atoms with Crippen LogP contribution < -0.4 is 15.8 Å². The molecule has 0 fully saturated rings. The summed E-state index contributed by atoms with van der Waals surface area (Å²) in [5.74, 6) is 0.881. The molecule has 1 heterocycles. The first-order valence-electron chi connectivity index (χ1n) is 7.13. The fraction of sp³-hybridized carbons (Fsp3) is 0.286. The van der Waals surface area contributed by atoms with Crippen LogP contribution in [0.1, 0.15) is 13.3 Å². The minimum Gasteiger partial charge on any atom is -0.394 e. The lowest BCUT2D eigenvalue weighted by atomic mass is 10.2. The number of primary sulfonamides is 1. The molecule has 0 bridgehead atoms. The highest BCUT2D eigenvalue weighted by atomic mass is 79.9. The third-order valence-corrected chi connectivity index (χ3v) is 4.75. The van der Waals surface area contributed by atoms with Crippen molar-refractivity contribution in [3.05, 3.63) is 34.9 Å². The SMILES string of the molecule is CC[C@H](CO)Nc1nc(Nc2ccc(S(N)(=O)=O)cc2)ncc1Br. The van der Waals surface area contributed by atoms with Gasteiger partial charge in [-0.1, -0.05) is 6.92 Å². The van der Waals surface area contributed by atoms with E-state index < -0.39 is 10.0 Å². The van der Waals surface area contributed by atoms with Crippen molar-refractivity contribution in [1.82, 2.24) is 9.97 Å². The van der Waals surface area contributed by atoms with Crippen LogP contribution in [0.5, 0.6) is 0 Å². The highest BCUT2D eigenvalue weighted by molar-refractivity contribution is 9.10. The van der Waals surface area contributed by atoms with Crippen LogP contribution in [-0.2, 0) is 10.0 Å². The Morgan fingerprint density at radius 1 is 1.33 bits per heavy atom. The summed E-state index contributed by atoms with van der Waals surface area (Å²) in [5, 5.41) is 20.4. The summed E-state index contributed by atoms with van der Waals surface area (Å²) in [5.41, 5.74) is 0.616. The molecular weight excluding hydrogens is 398 g/mol. The molecule has 1 aromatic carbocycles. The second-order valence-corrected chi connectivity index (χ2v) is 7.43. The average molecular weight is 416 g/mol. The molecule has 2 aromatic rings. The molecule has 5 N–H and O–H groups in total. The maximum absolute atomic E-state index is 11.2. The molecule has 0 saturated carbocycles. The van der Waals surface area contributed by atoms with Crippen molar-refractivity contribution >= 4 is 43.4 Å². The predicted octanol–water partition coefficient (Wildman–Crippen LogP) is 1.81. The van der Waals surface area contributed by atoms with Gasteiger partial charge in [0, 0.05) is 11.9 Å². The minimum atomic E-state index is -3.72. The Morgan fingerprint density at radius 3 is 2.54 bits per heavy atom. The summed E-state index contributed by atoms with van der Waals surface area (Å²) in [6.45, 7) is 1.94. The molecule has 0 aliphatic carbocycles. The van der Waals surface area contributed by atoms with Crippen molar-refractivity contribution in [3.63, 3.8) is 0 Å². The number of anilines is 3. The van der Waals surface area contributed by atoms with Crippen molar-refractivity contribution < 1.29 is 13.5 Å². The zero-order valence-corrected chi connectivity index (χ0v) is 15.3. The topological polar surface area (TPSA) is 130 Å². The van der Waals surface area contributed by atoms with Crippen LogP contribution in [0.2, 0.25) is 0 Å². The monoisotopic (exact) mass is 415 g/mol. The van der Waals surface area contributed by atoms with Crippen molar-refractivity contribution in [2.75, 3.05) is 17.2 Å².